The summed E-state index contributed by atoms with van der Waals surface area (Å²) in [6.07, 6.45) is -6.04. The van der Waals surface area contributed by atoms with E-state index in [0.717, 1.165) is 0 Å². The van der Waals surface area contributed by atoms with Gasteiger partial charge in [0.05, 0.1) is 23.4 Å². The fraction of sp³-hybridized carbons (Fsp3) is 0.462. The van der Waals surface area contributed by atoms with Crippen LogP contribution in [0.2, 0.25) is 5.02 Å². The Morgan fingerprint density at radius 3 is 2.52 bits per heavy atom. The lowest BCUT2D eigenvalue weighted by molar-refractivity contribution is -0.242. The number of benzene rings is 1. The van der Waals surface area contributed by atoms with E-state index in [9.17, 15) is 28.2 Å². The van der Waals surface area contributed by atoms with Gasteiger partial charge in [-0.2, -0.15) is 13.2 Å². The Labute approximate surface area is 139 Å². The van der Waals surface area contributed by atoms with E-state index in [-0.39, 0.29) is 16.5 Å². The second kappa shape index (κ2) is 7.71. The quantitative estimate of drug-likeness (QED) is 0.573. The van der Waals surface area contributed by atoms with Crippen LogP contribution >= 0.6 is 23.4 Å². The lowest BCUT2D eigenvalue weighted by Gasteiger charge is -2.25. The summed E-state index contributed by atoms with van der Waals surface area (Å²) in [5.74, 6) is -1.45. The van der Waals surface area contributed by atoms with Gasteiger partial charge in [0.1, 0.15) is 0 Å². The third-order valence-electron chi connectivity index (χ3n) is 2.84. The summed E-state index contributed by atoms with van der Waals surface area (Å²) in [7, 11) is 0. The largest absolute Gasteiger partial charge is 0.426 e. The lowest BCUT2D eigenvalue weighted by atomic mass is 10.1. The molecule has 0 heterocycles. The fourth-order valence-corrected chi connectivity index (χ4v) is 2.45. The number of carbonyl (C=O) groups is 1. The van der Waals surface area contributed by atoms with Gasteiger partial charge in [-0.1, -0.05) is 11.6 Å². The summed E-state index contributed by atoms with van der Waals surface area (Å²) in [6, 6.07) is 4.13. The smallest absolute Gasteiger partial charge is 0.394 e. The molecule has 23 heavy (non-hydrogen) atoms. The Bertz CT molecular complexity index is 569. The van der Waals surface area contributed by atoms with Crippen LogP contribution in [-0.4, -0.2) is 51.5 Å². The molecule has 0 radical (unpaired) electrons. The minimum atomic E-state index is -5.13. The molecule has 1 aromatic carbocycles. The number of nitrogens with one attached hydrogen (secondary N) is 1. The predicted molar refractivity (Wildman–Crippen MR) is 80.6 cm³/mol. The maximum Gasteiger partial charge on any atom is 0.426 e. The standard InChI is InChI=1S/C13H15ClF3NO4S/c1-12(22,13(15,16)17)11(21)18-10-3-2-8(4-9(10)14)23-6-7(20)5-19/h2-4,7,19-20,22H,5-6H2,1H3,(H,18,21)/t7?,12-/m1/s1. The van der Waals surface area contributed by atoms with Gasteiger partial charge in [-0.15, -0.1) is 11.8 Å². The van der Waals surface area contributed by atoms with E-state index < -0.39 is 30.4 Å². The number of hydrogen-bond acceptors (Lipinski definition) is 5. The fourth-order valence-electron chi connectivity index (χ4n) is 1.30. The summed E-state index contributed by atoms with van der Waals surface area (Å²) in [5.41, 5.74) is -3.64. The monoisotopic (exact) mass is 373 g/mol. The van der Waals surface area contributed by atoms with E-state index in [0.29, 0.717) is 11.8 Å². The van der Waals surface area contributed by atoms with Crippen molar-refractivity contribution < 1.29 is 33.3 Å². The normalized spacial score (nSPS) is 15.8. The number of amides is 1. The van der Waals surface area contributed by atoms with Crippen molar-refractivity contribution in [2.75, 3.05) is 17.7 Å². The maximum absolute atomic E-state index is 12.6. The third kappa shape index (κ3) is 5.25. The van der Waals surface area contributed by atoms with Crippen molar-refractivity contribution in [1.82, 2.24) is 0 Å². The average Bonchev–Trinajstić information content (AvgIpc) is 2.45. The predicted octanol–water partition coefficient (Wildman–Crippen LogP) is 2.04. The van der Waals surface area contributed by atoms with Crippen molar-refractivity contribution in [2.24, 2.45) is 0 Å². The lowest BCUT2D eigenvalue weighted by Crippen LogP contribution is -2.52. The zero-order valence-corrected chi connectivity index (χ0v) is 13.5. The summed E-state index contributed by atoms with van der Waals surface area (Å²) in [5, 5.41) is 29.1. The van der Waals surface area contributed by atoms with Gasteiger partial charge in [0.15, 0.2) is 0 Å². The van der Waals surface area contributed by atoms with Crippen molar-refractivity contribution in [3.63, 3.8) is 0 Å². The SMILES string of the molecule is C[C@@](O)(C(=O)Nc1ccc(SCC(O)CO)cc1Cl)C(F)(F)F. The van der Waals surface area contributed by atoms with Gasteiger partial charge in [-0.3, -0.25) is 4.79 Å². The highest BCUT2D eigenvalue weighted by Gasteiger charge is 2.55. The number of thioether (sulfide) groups is 1. The first kappa shape index (κ1) is 20.0. The second-order valence-corrected chi connectivity index (χ2v) is 6.31. The Morgan fingerprint density at radius 2 is 2.04 bits per heavy atom. The maximum atomic E-state index is 12.6. The molecule has 0 aliphatic carbocycles. The Kier molecular flexibility index (Phi) is 6.72. The summed E-state index contributed by atoms with van der Waals surface area (Å²) < 4.78 is 37.7. The first-order valence-corrected chi connectivity index (χ1v) is 7.67. The number of carbonyl (C=O) groups excluding carboxylic acids is 1. The Morgan fingerprint density at radius 1 is 1.43 bits per heavy atom. The van der Waals surface area contributed by atoms with Crippen molar-refractivity contribution in [3.8, 4) is 0 Å². The number of hydrogen-bond donors (Lipinski definition) is 4. The zero-order chi connectivity index (χ0) is 17.8. The minimum Gasteiger partial charge on any atom is -0.394 e. The highest BCUT2D eigenvalue weighted by molar-refractivity contribution is 7.99. The average molecular weight is 374 g/mol. The van der Waals surface area contributed by atoms with Gasteiger partial charge in [0, 0.05) is 10.6 Å². The zero-order valence-electron chi connectivity index (χ0n) is 11.9. The molecule has 0 aliphatic rings. The molecule has 5 nitrogen and oxygen atoms in total. The third-order valence-corrected chi connectivity index (χ3v) is 4.29. The van der Waals surface area contributed by atoms with Crippen LogP contribution in [0.3, 0.4) is 0 Å². The first-order chi connectivity index (χ1) is 10.5. The highest BCUT2D eigenvalue weighted by atomic mass is 35.5. The molecule has 10 heteroatoms. The van der Waals surface area contributed by atoms with Crippen LogP contribution in [0.25, 0.3) is 0 Å². The van der Waals surface area contributed by atoms with Gasteiger partial charge in [0.2, 0.25) is 5.60 Å². The molecule has 2 atom stereocenters. The molecule has 1 unspecified atom stereocenters. The van der Waals surface area contributed by atoms with Gasteiger partial charge >= 0.3 is 6.18 Å². The number of halogens is 4. The van der Waals surface area contributed by atoms with E-state index in [1.54, 1.807) is 0 Å². The van der Waals surface area contributed by atoms with E-state index in [2.05, 4.69) is 0 Å². The van der Waals surface area contributed by atoms with Crippen molar-refractivity contribution in [1.29, 1.82) is 0 Å². The van der Waals surface area contributed by atoms with Crippen LogP contribution < -0.4 is 5.32 Å². The number of anilines is 1. The van der Waals surface area contributed by atoms with Crippen LogP contribution in [0, 0.1) is 0 Å². The van der Waals surface area contributed by atoms with Crippen LogP contribution in [0.4, 0.5) is 18.9 Å². The number of alkyl halides is 3. The second-order valence-electron chi connectivity index (χ2n) is 4.81. The number of aliphatic hydroxyl groups is 3. The summed E-state index contributed by atoms with van der Waals surface area (Å²) >= 11 is 7.05. The van der Waals surface area contributed by atoms with E-state index in [1.807, 2.05) is 5.32 Å². The molecule has 130 valence electrons. The first-order valence-electron chi connectivity index (χ1n) is 6.31. The van der Waals surface area contributed by atoms with Crippen LogP contribution in [0.15, 0.2) is 23.1 Å². The molecule has 0 saturated heterocycles. The molecule has 4 N–H and O–H groups in total. The van der Waals surface area contributed by atoms with Crippen LogP contribution in [0.5, 0.6) is 0 Å². The molecule has 1 rings (SSSR count). The number of aliphatic hydroxyl groups excluding tert-OH is 2. The highest BCUT2D eigenvalue weighted by Crippen LogP contribution is 2.33. The molecule has 0 aromatic heterocycles. The molecule has 1 aromatic rings. The summed E-state index contributed by atoms with van der Waals surface area (Å²) in [4.78, 5) is 12.2. The van der Waals surface area contributed by atoms with E-state index in [1.165, 1.54) is 30.0 Å². The van der Waals surface area contributed by atoms with Crippen molar-refractivity contribution >= 4 is 35.0 Å². The number of rotatable bonds is 6. The molecule has 0 aliphatic heterocycles. The van der Waals surface area contributed by atoms with E-state index >= 15 is 0 Å². The van der Waals surface area contributed by atoms with Gasteiger partial charge in [-0.25, -0.2) is 0 Å². The molecule has 0 spiro atoms. The Hall–Kier alpha value is -1.00. The van der Waals surface area contributed by atoms with E-state index in [4.69, 9.17) is 16.7 Å². The topological polar surface area (TPSA) is 89.8 Å². The van der Waals surface area contributed by atoms with Crippen LogP contribution in [0.1, 0.15) is 6.92 Å². The Balaban J connectivity index is 2.81. The van der Waals surface area contributed by atoms with Gasteiger partial charge < -0.3 is 20.6 Å². The van der Waals surface area contributed by atoms with Crippen molar-refractivity contribution in [2.45, 2.75) is 29.7 Å². The summed E-state index contributed by atoms with van der Waals surface area (Å²) in [6.45, 7) is -0.0574. The molecule has 0 bridgehead atoms. The molecular weight excluding hydrogens is 359 g/mol. The molecule has 0 saturated carbocycles. The molecule has 1 amide bonds. The minimum absolute atomic E-state index is 0.0280. The van der Waals surface area contributed by atoms with Crippen LogP contribution in [-0.2, 0) is 4.79 Å². The van der Waals surface area contributed by atoms with Gasteiger partial charge in [-0.05, 0) is 25.1 Å². The van der Waals surface area contributed by atoms with Gasteiger partial charge in [0.25, 0.3) is 5.91 Å². The molecule has 0 fully saturated rings. The van der Waals surface area contributed by atoms with Crippen molar-refractivity contribution in [3.05, 3.63) is 23.2 Å². The molecular formula is C13H15ClF3NO4S.